The number of thiocarbonyl (C=S) groups is 1. The van der Waals surface area contributed by atoms with Crippen molar-refractivity contribution >= 4 is 55.3 Å². The van der Waals surface area contributed by atoms with Crippen LogP contribution < -0.4 is 25.4 Å². The lowest BCUT2D eigenvalue weighted by atomic mass is 9.91. The van der Waals surface area contributed by atoms with Crippen molar-refractivity contribution in [2.75, 3.05) is 37.6 Å². The number of carbonyl (C=O) groups is 2. The summed E-state index contributed by atoms with van der Waals surface area (Å²) in [6.07, 6.45) is 6.70. The van der Waals surface area contributed by atoms with Crippen molar-refractivity contribution in [3.05, 3.63) is 39.8 Å². The van der Waals surface area contributed by atoms with Gasteiger partial charge in [0.2, 0.25) is 5.91 Å². The zero-order valence-electron chi connectivity index (χ0n) is 25.1. The van der Waals surface area contributed by atoms with Gasteiger partial charge in [-0.2, -0.15) is 0 Å². The molecule has 10 nitrogen and oxygen atoms in total. The normalized spacial score (nSPS) is 22.0. The summed E-state index contributed by atoms with van der Waals surface area (Å²) in [6.45, 7) is 1.03. The van der Waals surface area contributed by atoms with Crippen molar-refractivity contribution in [3.63, 3.8) is 0 Å². The highest BCUT2D eigenvalue weighted by molar-refractivity contribution is 7.91. The van der Waals surface area contributed by atoms with Crippen LogP contribution in [0.25, 0.3) is 0 Å². The second kappa shape index (κ2) is 12.8. The number of sulfone groups is 1. The van der Waals surface area contributed by atoms with Crippen molar-refractivity contribution in [1.82, 2.24) is 15.5 Å². The molecule has 238 valence electrons. The van der Waals surface area contributed by atoms with E-state index in [0.717, 1.165) is 54.5 Å². The van der Waals surface area contributed by atoms with E-state index in [4.69, 9.17) is 21.7 Å². The van der Waals surface area contributed by atoms with E-state index >= 15 is 0 Å². The molecule has 2 aromatic rings. The van der Waals surface area contributed by atoms with Crippen LogP contribution in [0.2, 0.25) is 0 Å². The Labute approximate surface area is 268 Å². The number of carbonyl (C=O) groups excluding carboxylic acids is 2. The first-order chi connectivity index (χ1) is 21.1. The molecule has 2 saturated carbocycles. The van der Waals surface area contributed by atoms with E-state index in [9.17, 15) is 18.0 Å². The quantitative estimate of drug-likeness (QED) is 0.310. The fraction of sp³-hybridized carbons (Fsp3) is 0.581. The fourth-order valence-corrected chi connectivity index (χ4v) is 9.41. The van der Waals surface area contributed by atoms with Gasteiger partial charge in [0, 0.05) is 47.6 Å². The van der Waals surface area contributed by atoms with Gasteiger partial charge in [-0.1, -0.05) is 0 Å². The molecule has 1 saturated heterocycles. The summed E-state index contributed by atoms with van der Waals surface area (Å²) < 4.78 is 35.9. The van der Waals surface area contributed by atoms with Crippen LogP contribution in [-0.2, 0) is 34.0 Å². The Balaban J connectivity index is 1.22. The van der Waals surface area contributed by atoms with Crippen molar-refractivity contribution in [2.24, 2.45) is 11.8 Å². The van der Waals surface area contributed by atoms with Gasteiger partial charge in [0.15, 0.2) is 14.9 Å². The lowest BCUT2D eigenvalue weighted by molar-refractivity contribution is -0.117. The first-order valence-electron chi connectivity index (χ1n) is 15.4. The second-order valence-corrected chi connectivity index (χ2v) is 16.1. The van der Waals surface area contributed by atoms with Gasteiger partial charge < -0.3 is 30.3 Å². The molecule has 0 spiro atoms. The van der Waals surface area contributed by atoms with Crippen molar-refractivity contribution in [1.29, 1.82) is 0 Å². The average Bonchev–Trinajstić information content (AvgIpc) is 3.94. The maximum absolute atomic E-state index is 13.5. The molecular formula is C31H40N4O6S3. The lowest BCUT2D eigenvalue weighted by Gasteiger charge is -2.34. The molecule has 4 aliphatic rings. The first kappa shape index (κ1) is 31.1. The van der Waals surface area contributed by atoms with E-state index in [1.165, 1.54) is 11.3 Å². The van der Waals surface area contributed by atoms with Crippen LogP contribution in [0.15, 0.2) is 18.2 Å². The molecule has 0 bridgehead atoms. The van der Waals surface area contributed by atoms with Gasteiger partial charge in [-0.3, -0.25) is 9.59 Å². The lowest BCUT2D eigenvalue weighted by Crippen LogP contribution is -2.50. The first-order valence-corrected chi connectivity index (χ1v) is 18.4. The Morgan fingerprint density at radius 1 is 1.09 bits per heavy atom. The van der Waals surface area contributed by atoms with Crippen LogP contribution >= 0.6 is 23.6 Å². The molecule has 1 unspecified atom stereocenters. The van der Waals surface area contributed by atoms with Crippen LogP contribution in [0.1, 0.15) is 64.9 Å². The molecule has 0 radical (unpaired) electrons. The third-order valence-electron chi connectivity index (χ3n) is 8.99. The highest BCUT2D eigenvalue weighted by Gasteiger charge is 2.37. The number of aryl methyl sites for hydroxylation is 1. The third-order valence-corrected chi connectivity index (χ3v) is 12.3. The Morgan fingerprint density at radius 3 is 2.55 bits per heavy atom. The summed E-state index contributed by atoms with van der Waals surface area (Å²) in [4.78, 5) is 29.3. The Bertz CT molecular complexity index is 1550. The molecule has 3 N–H and O–H groups in total. The number of fused-ring (bicyclic) bond motifs is 1. The summed E-state index contributed by atoms with van der Waals surface area (Å²) in [7, 11) is 0.0372. The Hall–Kier alpha value is -2.90. The predicted molar refractivity (Wildman–Crippen MR) is 174 cm³/mol. The predicted octanol–water partition coefficient (Wildman–Crippen LogP) is 3.67. The number of nitrogens with one attached hydrogen (secondary N) is 3. The number of rotatable bonds is 11. The maximum Gasteiger partial charge on any atom is 0.254 e. The molecule has 44 heavy (non-hydrogen) atoms. The van der Waals surface area contributed by atoms with E-state index in [2.05, 4.69) is 16.0 Å². The molecule has 3 aliphatic carbocycles. The number of hydrogen-bond donors (Lipinski definition) is 3. The number of anilines is 1. The topological polar surface area (TPSA) is 126 Å². The molecule has 13 heteroatoms. The number of methoxy groups -OCH3 is 2. The molecule has 2 atom stereocenters. The minimum atomic E-state index is -3.16. The summed E-state index contributed by atoms with van der Waals surface area (Å²) >= 11 is 7.49. The summed E-state index contributed by atoms with van der Waals surface area (Å²) in [5, 5.41) is 10.8. The number of ether oxygens (including phenoxy) is 2. The molecule has 1 aromatic heterocycles. The minimum absolute atomic E-state index is 0.00758. The number of amides is 2. The van der Waals surface area contributed by atoms with Crippen LogP contribution in [0.5, 0.6) is 11.5 Å². The number of hydrogen-bond acceptors (Lipinski definition) is 8. The standard InChI is InChI=1S/C31H40N4O6S3/c1-40-23-9-7-20(25(14-23)41-2)16-35(22-11-12-44(38,39)17-22)31(42)33-21-8-10-26-24(13-21)27(29(37)32-15-18-3-4-18)30(43-26)34-28(36)19-5-6-19/h7,9,14,18-19,21-22H,3-6,8,10-13,15-17H2,1-2H3,(H,32,37)(H,33,42)(H,34,36)/t21-,22?/m0/s1. The fourth-order valence-electron chi connectivity index (χ4n) is 6.05. The SMILES string of the molecule is COc1ccc(CN(C(=S)N[C@H]2CCc3sc(NC(=O)C4CC4)c(C(=O)NCC4CC4)c3C2)C2CCS(=O)(=O)C2)c(OC)c1. The Kier molecular flexibility index (Phi) is 9.07. The zero-order valence-corrected chi connectivity index (χ0v) is 27.6. The van der Waals surface area contributed by atoms with E-state index in [1.54, 1.807) is 14.2 Å². The minimum Gasteiger partial charge on any atom is -0.497 e. The summed E-state index contributed by atoms with van der Waals surface area (Å²) in [5.41, 5.74) is 2.42. The highest BCUT2D eigenvalue weighted by Crippen LogP contribution is 2.40. The van der Waals surface area contributed by atoms with Crippen LogP contribution in [-0.4, -0.2) is 74.6 Å². The molecule has 3 fully saturated rings. The zero-order chi connectivity index (χ0) is 31.0. The highest BCUT2D eigenvalue weighted by atomic mass is 32.2. The molecule has 2 heterocycles. The van der Waals surface area contributed by atoms with Crippen molar-refractivity contribution in [3.8, 4) is 11.5 Å². The van der Waals surface area contributed by atoms with E-state index in [0.29, 0.717) is 59.0 Å². The van der Waals surface area contributed by atoms with Crippen LogP contribution in [0.4, 0.5) is 5.00 Å². The molecule has 2 amide bonds. The molecule has 1 aromatic carbocycles. The van der Waals surface area contributed by atoms with Crippen LogP contribution in [0, 0.1) is 11.8 Å². The smallest absolute Gasteiger partial charge is 0.254 e. The van der Waals surface area contributed by atoms with Gasteiger partial charge in [0.25, 0.3) is 5.91 Å². The van der Waals surface area contributed by atoms with Gasteiger partial charge in [-0.05, 0) is 87.2 Å². The second-order valence-electron chi connectivity index (χ2n) is 12.4. The summed E-state index contributed by atoms with van der Waals surface area (Å²) in [5.74, 6) is 1.92. The summed E-state index contributed by atoms with van der Waals surface area (Å²) in [6, 6.07) is 5.26. The van der Waals surface area contributed by atoms with Gasteiger partial charge in [0.1, 0.15) is 16.5 Å². The van der Waals surface area contributed by atoms with Gasteiger partial charge in [-0.15, -0.1) is 11.3 Å². The van der Waals surface area contributed by atoms with Gasteiger partial charge in [-0.25, -0.2) is 8.42 Å². The van der Waals surface area contributed by atoms with E-state index in [-0.39, 0.29) is 41.3 Å². The van der Waals surface area contributed by atoms with E-state index in [1.807, 2.05) is 23.1 Å². The van der Waals surface area contributed by atoms with Crippen molar-refractivity contribution in [2.45, 2.75) is 70.0 Å². The number of nitrogens with zero attached hydrogens (tertiary/aromatic N) is 1. The number of thiophene rings is 1. The van der Waals surface area contributed by atoms with E-state index < -0.39 is 9.84 Å². The third kappa shape index (κ3) is 7.15. The van der Waals surface area contributed by atoms with Gasteiger partial charge in [0.05, 0.1) is 31.3 Å². The number of benzene rings is 1. The maximum atomic E-state index is 13.5. The average molecular weight is 661 g/mol. The van der Waals surface area contributed by atoms with Gasteiger partial charge >= 0.3 is 0 Å². The molecule has 1 aliphatic heterocycles. The molecular weight excluding hydrogens is 621 g/mol. The monoisotopic (exact) mass is 660 g/mol. The molecule has 6 rings (SSSR count). The Morgan fingerprint density at radius 2 is 1.89 bits per heavy atom. The van der Waals surface area contributed by atoms with Crippen molar-refractivity contribution < 1.29 is 27.5 Å². The largest absolute Gasteiger partial charge is 0.497 e. The van der Waals surface area contributed by atoms with Crippen LogP contribution in [0.3, 0.4) is 0 Å².